The molecule has 32 heavy (non-hydrogen) atoms. The number of thiazole rings is 1. The molecule has 1 aliphatic carbocycles. The zero-order valence-electron chi connectivity index (χ0n) is 18.6. The summed E-state index contributed by atoms with van der Waals surface area (Å²) in [7, 11) is 0. The molecule has 1 saturated carbocycles. The van der Waals surface area contributed by atoms with Gasteiger partial charge in [0.15, 0.2) is 0 Å². The van der Waals surface area contributed by atoms with E-state index in [1.807, 2.05) is 24.3 Å². The van der Waals surface area contributed by atoms with E-state index < -0.39 is 0 Å². The number of rotatable bonds is 6. The van der Waals surface area contributed by atoms with E-state index in [2.05, 4.69) is 54.9 Å². The van der Waals surface area contributed by atoms with Gasteiger partial charge in [0.1, 0.15) is 5.01 Å². The molecule has 2 aliphatic rings. The zero-order valence-corrected chi connectivity index (χ0v) is 19.4. The summed E-state index contributed by atoms with van der Waals surface area (Å²) in [5, 5.41) is 6.49. The van der Waals surface area contributed by atoms with Crippen LogP contribution in [-0.4, -0.2) is 16.6 Å². The fourth-order valence-corrected chi connectivity index (χ4v) is 5.89. The Balaban J connectivity index is 1.32. The normalized spacial score (nSPS) is 21.2. The van der Waals surface area contributed by atoms with Crippen molar-refractivity contribution in [3.63, 3.8) is 0 Å². The molecule has 4 nitrogen and oxygen atoms in total. The van der Waals surface area contributed by atoms with Crippen LogP contribution in [0.1, 0.15) is 62.1 Å². The number of nitrogens with zero attached hydrogens (tertiary/aromatic N) is 2. The first-order chi connectivity index (χ1) is 15.6. The third-order valence-electron chi connectivity index (χ3n) is 6.99. The molecule has 4 atom stereocenters. The van der Waals surface area contributed by atoms with Gasteiger partial charge in [-0.25, -0.2) is 4.98 Å². The number of nitrogens with one attached hydrogen (secondary N) is 1. The van der Waals surface area contributed by atoms with Gasteiger partial charge in [-0.2, -0.15) is 0 Å². The van der Waals surface area contributed by atoms with Gasteiger partial charge in [0.25, 0.3) is 0 Å². The molecular weight excluding hydrogens is 414 g/mol. The summed E-state index contributed by atoms with van der Waals surface area (Å²) in [6.45, 7) is 4.38. The van der Waals surface area contributed by atoms with Crippen LogP contribution in [0.15, 0.2) is 65.0 Å². The summed E-state index contributed by atoms with van der Waals surface area (Å²) >= 11 is 1.65. The molecule has 2 heterocycles. The van der Waals surface area contributed by atoms with E-state index in [4.69, 9.17) is 9.98 Å². The van der Waals surface area contributed by atoms with Crippen molar-refractivity contribution < 1.29 is 4.79 Å². The van der Waals surface area contributed by atoms with Crippen LogP contribution >= 0.6 is 11.3 Å². The Morgan fingerprint density at radius 3 is 2.75 bits per heavy atom. The summed E-state index contributed by atoms with van der Waals surface area (Å²) in [6, 6.07) is 18.6. The van der Waals surface area contributed by atoms with E-state index in [1.165, 1.54) is 11.3 Å². The molecule has 1 aliphatic heterocycles. The van der Waals surface area contributed by atoms with Crippen LogP contribution in [0.5, 0.6) is 0 Å². The first-order valence-corrected chi connectivity index (χ1v) is 12.5. The third kappa shape index (κ3) is 4.02. The molecule has 3 aromatic rings. The average Bonchev–Trinajstić information content (AvgIpc) is 3.47. The molecule has 0 bridgehead atoms. The minimum absolute atomic E-state index is 0.0187. The number of carbonyl (C=O) groups is 1. The van der Waals surface area contributed by atoms with Crippen molar-refractivity contribution in [3.8, 4) is 11.3 Å². The quantitative estimate of drug-likeness (QED) is 0.462. The highest BCUT2D eigenvalue weighted by molar-refractivity contribution is 7.10. The lowest BCUT2D eigenvalue weighted by Gasteiger charge is -2.30. The van der Waals surface area contributed by atoms with Gasteiger partial charge in [0.2, 0.25) is 5.91 Å². The lowest BCUT2D eigenvalue weighted by atomic mass is 9.77. The van der Waals surface area contributed by atoms with E-state index in [0.29, 0.717) is 11.8 Å². The predicted molar refractivity (Wildman–Crippen MR) is 132 cm³/mol. The second-order valence-corrected chi connectivity index (χ2v) is 9.88. The van der Waals surface area contributed by atoms with E-state index >= 15 is 0 Å². The van der Waals surface area contributed by atoms with E-state index in [0.717, 1.165) is 47.6 Å². The highest BCUT2D eigenvalue weighted by Gasteiger charge is 2.37. The molecule has 0 radical (unpaired) electrons. The minimum Gasteiger partial charge on any atom is -0.346 e. The van der Waals surface area contributed by atoms with Crippen molar-refractivity contribution >= 4 is 28.6 Å². The third-order valence-corrected chi connectivity index (χ3v) is 7.91. The molecule has 0 saturated heterocycles. The highest BCUT2D eigenvalue weighted by atomic mass is 32.1. The molecule has 1 aromatic heterocycles. The zero-order chi connectivity index (χ0) is 22.1. The largest absolute Gasteiger partial charge is 0.346 e. The first-order valence-electron chi connectivity index (χ1n) is 11.6. The van der Waals surface area contributed by atoms with Gasteiger partial charge in [-0.1, -0.05) is 68.8 Å². The van der Waals surface area contributed by atoms with Gasteiger partial charge in [0, 0.05) is 28.5 Å². The number of fused-ring (bicyclic) bond motifs is 3. The number of hydrogen-bond donors (Lipinski definition) is 1. The van der Waals surface area contributed by atoms with Crippen LogP contribution in [0.2, 0.25) is 0 Å². The lowest BCUT2D eigenvalue weighted by molar-refractivity contribution is -0.126. The molecule has 5 heteroatoms. The van der Waals surface area contributed by atoms with Crippen LogP contribution < -0.4 is 5.32 Å². The number of hydrogen-bond acceptors (Lipinski definition) is 4. The van der Waals surface area contributed by atoms with E-state index in [1.54, 1.807) is 11.3 Å². The summed E-state index contributed by atoms with van der Waals surface area (Å²) < 4.78 is 0. The van der Waals surface area contributed by atoms with E-state index in [-0.39, 0.29) is 17.9 Å². The molecule has 2 aromatic carbocycles. The Bertz CT molecular complexity index is 1140. The van der Waals surface area contributed by atoms with Gasteiger partial charge in [-0.05, 0) is 36.8 Å². The fraction of sp³-hybridized carbons (Fsp3) is 0.370. The average molecular weight is 444 g/mol. The van der Waals surface area contributed by atoms with Crippen molar-refractivity contribution in [1.82, 2.24) is 10.3 Å². The second kappa shape index (κ2) is 8.99. The molecule has 5 rings (SSSR count). The number of amides is 1. The minimum atomic E-state index is -0.0547. The van der Waals surface area contributed by atoms with Crippen molar-refractivity contribution in [1.29, 1.82) is 0 Å². The number of aliphatic imine (C=N–C) groups is 1. The van der Waals surface area contributed by atoms with Gasteiger partial charge < -0.3 is 5.32 Å². The summed E-state index contributed by atoms with van der Waals surface area (Å²) in [5.41, 5.74) is 5.71. The van der Waals surface area contributed by atoms with Gasteiger partial charge >= 0.3 is 0 Å². The van der Waals surface area contributed by atoms with Crippen molar-refractivity contribution in [2.45, 2.75) is 51.5 Å². The van der Waals surface area contributed by atoms with Gasteiger partial charge in [0.05, 0.1) is 17.4 Å². The Labute approximate surface area is 193 Å². The maximum Gasteiger partial charge on any atom is 0.223 e. The van der Waals surface area contributed by atoms with Crippen molar-refractivity contribution in [2.24, 2.45) is 16.8 Å². The maximum atomic E-state index is 13.4. The van der Waals surface area contributed by atoms with Crippen LogP contribution in [-0.2, 0) is 4.79 Å². The Kier molecular flexibility index (Phi) is 5.92. The Morgan fingerprint density at radius 1 is 1.16 bits per heavy atom. The van der Waals surface area contributed by atoms with Gasteiger partial charge in [-0.3, -0.25) is 9.79 Å². The van der Waals surface area contributed by atoms with Crippen LogP contribution in [0.4, 0.5) is 5.69 Å². The van der Waals surface area contributed by atoms with E-state index in [9.17, 15) is 4.79 Å². The van der Waals surface area contributed by atoms with Crippen molar-refractivity contribution in [3.05, 3.63) is 70.5 Å². The fourth-order valence-electron chi connectivity index (χ4n) is 4.88. The molecule has 164 valence electrons. The highest BCUT2D eigenvalue weighted by Crippen LogP contribution is 2.44. The Hall–Kier alpha value is -2.79. The van der Waals surface area contributed by atoms with Crippen molar-refractivity contribution in [2.75, 3.05) is 0 Å². The lowest BCUT2D eigenvalue weighted by Crippen LogP contribution is -2.39. The number of para-hydroxylation sites is 1. The summed E-state index contributed by atoms with van der Waals surface area (Å²) in [4.78, 5) is 23.1. The predicted octanol–water partition coefficient (Wildman–Crippen LogP) is 6.68. The number of benzene rings is 2. The maximum absolute atomic E-state index is 13.4. The summed E-state index contributed by atoms with van der Waals surface area (Å²) in [5.74, 6) is 0.796. The van der Waals surface area contributed by atoms with Crippen LogP contribution in [0.25, 0.3) is 11.3 Å². The Morgan fingerprint density at radius 2 is 1.94 bits per heavy atom. The molecular formula is C27H29N3OS. The summed E-state index contributed by atoms with van der Waals surface area (Å²) in [6.07, 6.45) is 3.61. The first kappa shape index (κ1) is 21.1. The second-order valence-electron chi connectivity index (χ2n) is 8.99. The molecule has 0 spiro atoms. The number of carbonyl (C=O) groups excluding carboxylic acids is 1. The smallest absolute Gasteiger partial charge is 0.223 e. The van der Waals surface area contributed by atoms with Crippen LogP contribution in [0, 0.1) is 11.8 Å². The topological polar surface area (TPSA) is 54.4 Å². The standard InChI is InChI=1S/C27H29N3OS/c1-3-17(2)25(27-29-24(16-32-27)18-9-5-4-6-10-18)30-26(31)19-13-14-23-21(15-19)20-11-7-8-12-22(20)28-23/h4-12,16-17,19,21,25H,3,13-15H2,1-2H3,(H,30,31)/t17-,19?,21?,25-/m0/s1. The molecule has 1 amide bonds. The molecule has 2 unspecified atom stereocenters. The monoisotopic (exact) mass is 443 g/mol. The number of aromatic nitrogens is 1. The SMILES string of the molecule is CC[C@H](C)[C@H](NC(=O)C1CCC2=Nc3ccccc3C2C1)c1nc(-c2ccccc2)cs1. The molecule has 1 N–H and O–H groups in total. The van der Waals surface area contributed by atoms with Gasteiger partial charge in [-0.15, -0.1) is 11.3 Å². The molecule has 1 fully saturated rings. The van der Waals surface area contributed by atoms with Crippen LogP contribution in [0.3, 0.4) is 0 Å².